The summed E-state index contributed by atoms with van der Waals surface area (Å²) in [4.78, 5) is 59.6. The Hall–Kier alpha value is -3.77. The molecular formula is C26H37N7O5. The Morgan fingerprint density at radius 3 is 2.53 bits per heavy atom. The number of unbranched alkanes of at least 4 members (excludes halogenated alkanes) is 1. The Morgan fingerprint density at radius 2 is 1.87 bits per heavy atom. The number of carbonyl (C=O) groups excluding carboxylic acids is 3. The first-order chi connectivity index (χ1) is 18.3. The van der Waals surface area contributed by atoms with Gasteiger partial charge in [-0.3, -0.25) is 14.4 Å². The number of likely N-dealkylation sites (tertiary alicyclic amines) is 1. The zero-order valence-corrected chi connectivity index (χ0v) is 21.3. The molecule has 12 nitrogen and oxygen atoms in total. The van der Waals surface area contributed by atoms with Crippen molar-refractivity contribution in [3.63, 3.8) is 0 Å². The van der Waals surface area contributed by atoms with Crippen LogP contribution in [0.2, 0.25) is 0 Å². The summed E-state index contributed by atoms with van der Waals surface area (Å²) in [7, 11) is 0. The number of hydrogen-bond donors (Lipinski definition) is 6. The van der Waals surface area contributed by atoms with Crippen molar-refractivity contribution in [3.05, 3.63) is 54.1 Å². The molecule has 1 aliphatic heterocycles. The molecule has 0 radical (unpaired) electrons. The number of carboxylic acids is 1. The monoisotopic (exact) mass is 527 g/mol. The predicted octanol–water partition coefficient (Wildman–Crippen LogP) is -0.304. The summed E-state index contributed by atoms with van der Waals surface area (Å²) in [6.45, 7) is 0.825. The standard InChI is InChI=1S/C26H37N7O5/c27-11-5-4-9-19(28)23(34)31-20(13-17-7-2-1-3-8-17)25(36)33-12-6-10-22(33)24(35)32-21(26(37)38)14-18-15-29-16-30-18/h1-3,7-8,15-16,19-22H,4-6,9-14,27-28H2,(H,29,30)(H,31,34)(H,32,35)(H,37,38). The van der Waals surface area contributed by atoms with E-state index in [1.54, 1.807) is 0 Å². The van der Waals surface area contributed by atoms with Gasteiger partial charge in [-0.1, -0.05) is 36.8 Å². The van der Waals surface area contributed by atoms with Crippen LogP contribution >= 0.6 is 0 Å². The zero-order chi connectivity index (χ0) is 27.5. The average Bonchev–Trinajstić information content (AvgIpc) is 3.60. The van der Waals surface area contributed by atoms with E-state index < -0.39 is 47.9 Å². The summed E-state index contributed by atoms with van der Waals surface area (Å²) in [5.41, 5.74) is 13.0. The van der Waals surface area contributed by atoms with Gasteiger partial charge in [0.1, 0.15) is 18.1 Å². The number of aromatic nitrogens is 2. The number of rotatable bonds is 14. The normalized spacial score (nSPS) is 17.4. The van der Waals surface area contributed by atoms with Crippen LogP contribution in [0.15, 0.2) is 42.9 Å². The molecule has 0 spiro atoms. The van der Waals surface area contributed by atoms with E-state index in [0.717, 1.165) is 12.0 Å². The number of nitrogens with zero attached hydrogens (tertiary/aromatic N) is 2. The van der Waals surface area contributed by atoms with E-state index in [9.17, 15) is 24.3 Å². The quantitative estimate of drug-likeness (QED) is 0.180. The zero-order valence-electron chi connectivity index (χ0n) is 21.3. The molecule has 2 heterocycles. The number of benzene rings is 1. The van der Waals surface area contributed by atoms with Crippen molar-refractivity contribution >= 4 is 23.7 Å². The molecule has 12 heteroatoms. The number of aliphatic carboxylic acids is 1. The van der Waals surface area contributed by atoms with Crippen molar-refractivity contribution in [1.29, 1.82) is 0 Å². The highest BCUT2D eigenvalue weighted by atomic mass is 16.4. The first-order valence-electron chi connectivity index (χ1n) is 12.9. The third kappa shape index (κ3) is 8.12. The third-order valence-electron chi connectivity index (χ3n) is 6.64. The van der Waals surface area contributed by atoms with Gasteiger partial charge in [-0.05, 0) is 37.8 Å². The first kappa shape index (κ1) is 28.8. The second kappa shape index (κ2) is 14.2. The Bertz CT molecular complexity index is 1060. The molecule has 1 aliphatic rings. The molecule has 1 aromatic heterocycles. The lowest BCUT2D eigenvalue weighted by atomic mass is 10.0. The third-order valence-corrected chi connectivity index (χ3v) is 6.64. The number of amides is 3. The van der Waals surface area contributed by atoms with Crippen molar-refractivity contribution in [1.82, 2.24) is 25.5 Å². The summed E-state index contributed by atoms with van der Waals surface area (Å²) in [6.07, 6.45) is 6.02. The average molecular weight is 528 g/mol. The largest absolute Gasteiger partial charge is 0.480 e. The van der Waals surface area contributed by atoms with Gasteiger partial charge in [-0.2, -0.15) is 0 Å². The molecule has 3 rings (SSSR count). The molecule has 8 N–H and O–H groups in total. The molecule has 3 amide bonds. The van der Waals surface area contributed by atoms with Gasteiger partial charge in [-0.25, -0.2) is 9.78 Å². The molecule has 4 unspecified atom stereocenters. The van der Waals surface area contributed by atoms with Gasteiger partial charge in [0.25, 0.3) is 0 Å². The summed E-state index contributed by atoms with van der Waals surface area (Å²) < 4.78 is 0. The van der Waals surface area contributed by atoms with Crippen molar-refractivity contribution in [2.75, 3.05) is 13.1 Å². The van der Waals surface area contributed by atoms with Crippen molar-refractivity contribution in [2.24, 2.45) is 11.5 Å². The van der Waals surface area contributed by atoms with Crippen molar-refractivity contribution < 1.29 is 24.3 Å². The van der Waals surface area contributed by atoms with E-state index in [0.29, 0.717) is 44.5 Å². The number of hydrogen-bond acceptors (Lipinski definition) is 7. The minimum Gasteiger partial charge on any atom is -0.480 e. The van der Waals surface area contributed by atoms with Crippen LogP contribution in [-0.2, 0) is 32.0 Å². The van der Waals surface area contributed by atoms with Gasteiger partial charge in [0.05, 0.1) is 12.4 Å². The molecule has 38 heavy (non-hydrogen) atoms. The lowest BCUT2D eigenvalue weighted by molar-refractivity contribution is -0.144. The molecular weight excluding hydrogens is 490 g/mol. The molecule has 4 atom stereocenters. The molecule has 1 saturated heterocycles. The molecule has 0 saturated carbocycles. The summed E-state index contributed by atoms with van der Waals surface area (Å²) in [5, 5.41) is 15.0. The lowest BCUT2D eigenvalue weighted by Gasteiger charge is -2.30. The van der Waals surface area contributed by atoms with Gasteiger partial charge in [0.15, 0.2) is 0 Å². The van der Waals surface area contributed by atoms with Gasteiger partial charge in [0, 0.05) is 31.3 Å². The Balaban J connectivity index is 1.72. The van der Waals surface area contributed by atoms with E-state index in [1.165, 1.54) is 17.4 Å². The van der Waals surface area contributed by atoms with Crippen LogP contribution in [0.4, 0.5) is 0 Å². The SMILES string of the molecule is NCCCCC(N)C(=O)NC(Cc1ccccc1)C(=O)N1CCCC1C(=O)NC(Cc1cnc[nH]1)C(=O)O. The van der Waals surface area contributed by atoms with E-state index in [1.807, 2.05) is 30.3 Å². The van der Waals surface area contributed by atoms with E-state index in [-0.39, 0.29) is 12.8 Å². The highest BCUT2D eigenvalue weighted by molar-refractivity contribution is 5.94. The van der Waals surface area contributed by atoms with Gasteiger partial charge < -0.3 is 37.1 Å². The van der Waals surface area contributed by atoms with Gasteiger partial charge in [-0.15, -0.1) is 0 Å². The fourth-order valence-corrected chi connectivity index (χ4v) is 4.56. The van der Waals surface area contributed by atoms with Crippen LogP contribution in [-0.4, -0.2) is 80.9 Å². The fourth-order valence-electron chi connectivity index (χ4n) is 4.56. The van der Waals surface area contributed by atoms with E-state index >= 15 is 0 Å². The summed E-state index contributed by atoms with van der Waals surface area (Å²) >= 11 is 0. The van der Waals surface area contributed by atoms with Crippen LogP contribution in [0.1, 0.15) is 43.4 Å². The van der Waals surface area contributed by atoms with Gasteiger partial charge in [0.2, 0.25) is 17.7 Å². The van der Waals surface area contributed by atoms with Crippen LogP contribution in [0, 0.1) is 0 Å². The van der Waals surface area contributed by atoms with Crippen LogP contribution in [0.25, 0.3) is 0 Å². The smallest absolute Gasteiger partial charge is 0.326 e. The minimum atomic E-state index is -1.19. The summed E-state index contributed by atoms with van der Waals surface area (Å²) in [5.74, 6) is -2.59. The Morgan fingerprint density at radius 1 is 1.11 bits per heavy atom. The maximum Gasteiger partial charge on any atom is 0.326 e. The first-order valence-corrected chi connectivity index (χ1v) is 12.9. The number of H-pyrrole nitrogens is 1. The minimum absolute atomic E-state index is 0.0243. The maximum atomic E-state index is 13.7. The molecule has 0 aliphatic carbocycles. The number of nitrogens with one attached hydrogen (secondary N) is 3. The Kier molecular flexibility index (Phi) is 10.8. The maximum absolute atomic E-state index is 13.7. The molecule has 1 aromatic carbocycles. The topological polar surface area (TPSA) is 197 Å². The number of carbonyl (C=O) groups is 4. The number of carboxylic acid groups (broad SMARTS) is 1. The molecule has 206 valence electrons. The number of imidazole rings is 1. The van der Waals surface area contributed by atoms with E-state index in [4.69, 9.17) is 11.5 Å². The second-order valence-corrected chi connectivity index (χ2v) is 9.51. The highest BCUT2D eigenvalue weighted by Gasteiger charge is 2.39. The predicted molar refractivity (Wildman–Crippen MR) is 140 cm³/mol. The second-order valence-electron chi connectivity index (χ2n) is 9.51. The van der Waals surface area contributed by atoms with Crippen LogP contribution in [0.5, 0.6) is 0 Å². The van der Waals surface area contributed by atoms with E-state index in [2.05, 4.69) is 20.6 Å². The Labute approximate surface area is 221 Å². The number of nitrogens with two attached hydrogens (primary N) is 2. The fraction of sp³-hybridized carbons (Fsp3) is 0.500. The van der Waals surface area contributed by atoms with Crippen molar-refractivity contribution in [3.8, 4) is 0 Å². The molecule has 0 bridgehead atoms. The molecule has 2 aromatic rings. The van der Waals surface area contributed by atoms with Gasteiger partial charge >= 0.3 is 5.97 Å². The van der Waals surface area contributed by atoms with Crippen LogP contribution in [0.3, 0.4) is 0 Å². The van der Waals surface area contributed by atoms with Crippen molar-refractivity contribution in [2.45, 2.75) is 69.1 Å². The lowest BCUT2D eigenvalue weighted by Crippen LogP contribution is -2.57. The number of aromatic amines is 1. The highest BCUT2D eigenvalue weighted by Crippen LogP contribution is 2.20. The molecule has 1 fully saturated rings. The van der Waals surface area contributed by atoms with Crippen LogP contribution < -0.4 is 22.1 Å². The summed E-state index contributed by atoms with van der Waals surface area (Å²) in [6, 6.07) is 5.50.